The molecule has 2 heterocycles. The maximum atomic E-state index is 12.1. The molecule has 0 radical (unpaired) electrons. The zero-order valence-electron chi connectivity index (χ0n) is 13.8. The number of amides is 2. The van der Waals surface area contributed by atoms with E-state index in [9.17, 15) is 4.79 Å². The molecular formula is C17H22ClN5O. The first-order chi connectivity index (χ1) is 11.6. The van der Waals surface area contributed by atoms with Crippen molar-refractivity contribution in [3.63, 3.8) is 0 Å². The number of halogens is 1. The van der Waals surface area contributed by atoms with Crippen LogP contribution >= 0.6 is 11.6 Å². The van der Waals surface area contributed by atoms with Crippen molar-refractivity contribution in [3.8, 4) is 0 Å². The third-order valence-corrected chi connectivity index (χ3v) is 4.52. The van der Waals surface area contributed by atoms with Crippen molar-refractivity contribution in [2.45, 2.75) is 45.2 Å². The van der Waals surface area contributed by atoms with Crippen LogP contribution in [0, 0.1) is 6.92 Å². The number of rotatable bonds is 5. The fourth-order valence-corrected chi connectivity index (χ4v) is 3.23. The van der Waals surface area contributed by atoms with Gasteiger partial charge >= 0.3 is 6.03 Å². The number of fused-ring (bicyclic) bond motifs is 1. The van der Waals surface area contributed by atoms with Crippen LogP contribution in [-0.4, -0.2) is 27.3 Å². The minimum atomic E-state index is -0.159. The molecule has 7 heteroatoms. The summed E-state index contributed by atoms with van der Waals surface area (Å²) in [6.07, 6.45) is 3.58. The zero-order chi connectivity index (χ0) is 16.9. The Labute approximate surface area is 146 Å². The van der Waals surface area contributed by atoms with E-state index in [1.807, 2.05) is 35.9 Å². The van der Waals surface area contributed by atoms with Gasteiger partial charge in [-0.25, -0.2) is 14.5 Å². The Kier molecular flexibility index (Phi) is 5.35. The fraction of sp³-hybridized carbons (Fsp3) is 0.471. The molecule has 6 nitrogen and oxygen atoms in total. The van der Waals surface area contributed by atoms with Crippen LogP contribution in [-0.2, 0) is 13.0 Å². The van der Waals surface area contributed by atoms with E-state index in [0.717, 1.165) is 54.5 Å². The van der Waals surface area contributed by atoms with Crippen LogP contribution in [0.2, 0.25) is 5.02 Å². The molecule has 24 heavy (non-hydrogen) atoms. The summed E-state index contributed by atoms with van der Waals surface area (Å²) in [5.74, 6) is 1.60. The predicted octanol–water partition coefficient (Wildman–Crippen LogP) is 3.01. The highest BCUT2D eigenvalue weighted by molar-refractivity contribution is 6.31. The lowest BCUT2D eigenvalue weighted by molar-refractivity contribution is 0.232. The lowest BCUT2D eigenvalue weighted by atomic mass is 10.1. The number of aryl methyl sites for hydroxylation is 3. The SMILES string of the molecule is Cc1nc2n(n1)CCC[C@@H]2NC(=O)NCCCc1ccccc1Cl. The number of hydrogen-bond donors (Lipinski definition) is 2. The largest absolute Gasteiger partial charge is 0.338 e. The smallest absolute Gasteiger partial charge is 0.315 e. The molecule has 1 aromatic carbocycles. The second-order valence-corrected chi connectivity index (χ2v) is 6.44. The van der Waals surface area contributed by atoms with Crippen LogP contribution in [0.5, 0.6) is 0 Å². The van der Waals surface area contributed by atoms with Crippen LogP contribution in [0.15, 0.2) is 24.3 Å². The molecule has 1 aliphatic rings. The van der Waals surface area contributed by atoms with Gasteiger partial charge in [-0.1, -0.05) is 29.8 Å². The zero-order valence-corrected chi connectivity index (χ0v) is 14.5. The van der Waals surface area contributed by atoms with Gasteiger partial charge in [-0.05, 0) is 44.2 Å². The molecule has 0 spiro atoms. The average molecular weight is 348 g/mol. The van der Waals surface area contributed by atoms with Gasteiger partial charge in [0, 0.05) is 18.1 Å². The molecule has 2 N–H and O–H groups in total. The molecule has 0 fully saturated rings. The van der Waals surface area contributed by atoms with Crippen LogP contribution in [0.25, 0.3) is 0 Å². The van der Waals surface area contributed by atoms with Gasteiger partial charge in [0.25, 0.3) is 0 Å². The second-order valence-electron chi connectivity index (χ2n) is 6.03. The highest BCUT2D eigenvalue weighted by Gasteiger charge is 2.24. The van der Waals surface area contributed by atoms with Crippen LogP contribution < -0.4 is 10.6 Å². The summed E-state index contributed by atoms with van der Waals surface area (Å²) in [5, 5.41) is 11.0. The minimum absolute atomic E-state index is 0.0662. The average Bonchev–Trinajstić information content (AvgIpc) is 2.94. The quantitative estimate of drug-likeness (QED) is 0.817. The lowest BCUT2D eigenvalue weighted by Crippen LogP contribution is -2.40. The first-order valence-corrected chi connectivity index (χ1v) is 8.70. The first kappa shape index (κ1) is 16.8. The third kappa shape index (κ3) is 4.06. The van der Waals surface area contributed by atoms with Gasteiger partial charge in [-0.2, -0.15) is 5.10 Å². The standard InChI is InChI=1S/C17H22ClN5O/c1-12-20-16-15(9-5-11-23(16)22-12)21-17(24)19-10-4-7-13-6-2-3-8-14(13)18/h2-3,6,8,15H,4-5,7,9-11H2,1H3,(H2,19,21,24)/t15-/m0/s1. The maximum absolute atomic E-state index is 12.1. The number of nitrogens with one attached hydrogen (secondary N) is 2. The number of aromatic nitrogens is 3. The predicted molar refractivity (Wildman–Crippen MR) is 93.0 cm³/mol. The molecule has 0 saturated heterocycles. The molecule has 0 saturated carbocycles. The topological polar surface area (TPSA) is 71.8 Å². The summed E-state index contributed by atoms with van der Waals surface area (Å²) in [5.41, 5.74) is 1.11. The highest BCUT2D eigenvalue weighted by atomic mass is 35.5. The first-order valence-electron chi connectivity index (χ1n) is 8.32. The molecule has 128 valence electrons. The van der Waals surface area contributed by atoms with E-state index in [1.165, 1.54) is 0 Å². The molecule has 0 bridgehead atoms. The molecular weight excluding hydrogens is 326 g/mol. The van der Waals surface area contributed by atoms with Crippen molar-refractivity contribution in [1.82, 2.24) is 25.4 Å². The molecule has 1 aliphatic heterocycles. The Morgan fingerprint density at radius 1 is 1.42 bits per heavy atom. The Morgan fingerprint density at radius 3 is 3.08 bits per heavy atom. The van der Waals surface area contributed by atoms with E-state index in [-0.39, 0.29) is 12.1 Å². The van der Waals surface area contributed by atoms with Gasteiger partial charge in [0.05, 0.1) is 6.04 Å². The Morgan fingerprint density at radius 2 is 2.25 bits per heavy atom. The number of urea groups is 1. The molecule has 1 atom stereocenters. The van der Waals surface area contributed by atoms with Crippen molar-refractivity contribution in [3.05, 3.63) is 46.5 Å². The van der Waals surface area contributed by atoms with E-state index in [2.05, 4.69) is 20.7 Å². The van der Waals surface area contributed by atoms with E-state index < -0.39 is 0 Å². The molecule has 0 aliphatic carbocycles. The van der Waals surface area contributed by atoms with E-state index in [1.54, 1.807) is 0 Å². The number of hydrogen-bond acceptors (Lipinski definition) is 3. The summed E-state index contributed by atoms with van der Waals surface area (Å²) in [6.45, 7) is 3.35. The summed E-state index contributed by atoms with van der Waals surface area (Å²) in [7, 11) is 0. The summed E-state index contributed by atoms with van der Waals surface area (Å²) in [4.78, 5) is 16.5. The lowest BCUT2D eigenvalue weighted by Gasteiger charge is -2.23. The summed E-state index contributed by atoms with van der Waals surface area (Å²) in [6, 6.07) is 7.57. The normalized spacial score (nSPS) is 16.5. The van der Waals surface area contributed by atoms with E-state index in [4.69, 9.17) is 11.6 Å². The number of nitrogens with zero attached hydrogens (tertiary/aromatic N) is 3. The maximum Gasteiger partial charge on any atom is 0.315 e. The van der Waals surface area contributed by atoms with Crippen LogP contribution in [0.3, 0.4) is 0 Å². The van der Waals surface area contributed by atoms with Gasteiger partial charge in [0.1, 0.15) is 11.6 Å². The van der Waals surface area contributed by atoms with Crippen LogP contribution in [0.1, 0.15) is 42.5 Å². The number of carbonyl (C=O) groups excluding carboxylic acids is 1. The molecule has 2 aromatic rings. The van der Waals surface area contributed by atoms with Gasteiger partial charge in [-0.3, -0.25) is 0 Å². The van der Waals surface area contributed by atoms with Crippen molar-refractivity contribution >= 4 is 17.6 Å². The van der Waals surface area contributed by atoms with Gasteiger partial charge in [0.15, 0.2) is 0 Å². The fourth-order valence-electron chi connectivity index (χ4n) is 3.00. The van der Waals surface area contributed by atoms with Gasteiger partial charge in [0.2, 0.25) is 0 Å². The summed E-state index contributed by atoms with van der Waals surface area (Å²) >= 11 is 6.13. The third-order valence-electron chi connectivity index (χ3n) is 4.15. The van der Waals surface area contributed by atoms with Crippen LogP contribution in [0.4, 0.5) is 4.79 Å². The molecule has 0 unspecified atom stereocenters. The molecule has 3 rings (SSSR count). The molecule has 2 amide bonds. The molecule has 1 aromatic heterocycles. The Balaban J connectivity index is 1.44. The Bertz CT molecular complexity index is 715. The monoisotopic (exact) mass is 347 g/mol. The minimum Gasteiger partial charge on any atom is -0.338 e. The number of benzene rings is 1. The number of carbonyl (C=O) groups is 1. The van der Waals surface area contributed by atoms with E-state index in [0.29, 0.717) is 6.54 Å². The van der Waals surface area contributed by atoms with Gasteiger partial charge < -0.3 is 10.6 Å². The van der Waals surface area contributed by atoms with Crippen molar-refractivity contribution in [1.29, 1.82) is 0 Å². The van der Waals surface area contributed by atoms with Crippen molar-refractivity contribution in [2.75, 3.05) is 6.54 Å². The van der Waals surface area contributed by atoms with Crippen molar-refractivity contribution in [2.24, 2.45) is 0 Å². The Hall–Kier alpha value is -2.08. The summed E-state index contributed by atoms with van der Waals surface area (Å²) < 4.78 is 1.89. The highest BCUT2D eigenvalue weighted by Crippen LogP contribution is 2.22. The van der Waals surface area contributed by atoms with E-state index >= 15 is 0 Å². The van der Waals surface area contributed by atoms with Gasteiger partial charge in [-0.15, -0.1) is 0 Å². The van der Waals surface area contributed by atoms with Crippen molar-refractivity contribution < 1.29 is 4.79 Å². The second kappa shape index (κ2) is 7.66.